The molecule has 0 radical (unpaired) electrons. The van der Waals surface area contributed by atoms with E-state index in [9.17, 15) is 30.8 Å². The number of rotatable bonds is 8. The fraction of sp³-hybridized carbons (Fsp3) is 0.240. The van der Waals surface area contributed by atoms with Crippen LogP contribution in [0.15, 0.2) is 77.7 Å². The van der Waals surface area contributed by atoms with Gasteiger partial charge < -0.3 is 14.4 Å². The molecule has 0 aliphatic heterocycles. The van der Waals surface area contributed by atoms with Gasteiger partial charge in [0.25, 0.3) is 0 Å². The van der Waals surface area contributed by atoms with Crippen molar-refractivity contribution in [2.24, 2.45) is 5.92 Å². The maximum absolute atomic E-state index is 13.3. The molecule has 0 bridgehead atoms. The maximum Gasteiger partial charge on any atom is 0.418 e. The van der Waals surface area contributed by atoms with E-state index in [1.165, 1.54) is 41.3 Å². The summed E-state index contributed by atoms with van der Waals surface area (Å²) < 4.78 is 83.3. The molecule has 0 atom stereocenters. The van der Waals surface area contributed by atoms with Crippen molar-refractivity contribution < 1.29 is 35.0 Å². The number of hydrogen-bond acceptors (Lipinski definition) is 4. The van der Waals surface area contributed by atoms with Gasteiger partial charge in [0.2, 0.25) is 0 Å². The molecule has 0 spiro atoms. The monoisotopic (exact) mass is 524 g/mol. The summed E-state index contributed by atoms with van der Waals surface area (Å²) in [5, 5.41) is 2.33. The Bertz CT molecular complexity index is 1310. The third-order valence-electron chi connectivity index (χ3n) is 4.93. The Hall–Kier alpha value is -3.60. The molecule has 0 fully saturated rings. The molecule has 1 N–H and O–H groups in total. The molecule has 192 valence electrons. The van der Waals surface area contributed by atoms with Crippen molar-refractivity contribution in [2.75, 3.05) is 11.9 Å². The molecule has 0 heterocycles. The van der Waals surface area contributed by atoms with E-state index in [4.69, 9.17) is 4.18 Å². The summed E-state index contributed by atoms with van der Waals surface area (Å²) in [4.78, 5) is 14.0. The van der Waals surface area contributed by atoms with E-state index in [1.807, 2.05) is 13.8 Å². The smallest absolute Gasteiger partial charge is 0.379 e. The second-order valence-electron chi connectivity index (χ2n) is 8.39. The van der Waals surface area contributed by atoms with Gasteiger partial charge in [0.1, 0.15) is 16.5 Å². The van der Waals surface area contributed by atoms with E-state index < -0.39 is 33.7 Å². The number of urea groups is 1. The third-order valence-corrected chi connectivity index (χ3v) is 6.19. The summed E-state index contributed by atoms with van der Waals surface area (Å²) in [6.45, 7) is 3.89. The molecule has 0 saturated heterocycles. The van der Waals surface area contributed by atoms with E-state index in [0.29, 0.717) is 5.56 Å². The lowest BCUT2D eigenvalue weighted by Gasteiger charge is -2.26. The third kappa shape index (κ3) is 7.20. The van der Waals surface area contributed by atoms with E-state index in [2.05, 4.69) is 5.32 Å². The largest absolute Gasteiger partial charge is 0.418 e. The molecule has 2 amide bonds. The predicted molar refractivity (Wildman–Crippen MR) is 126 cm³/mol. The molecular formula is C25H24F4N2O4S. The van der Waals surface area contributed by atoms with Crippen LogP contribution in [0.3, 0.4) is 0 Å². The van der Waals surface area contributed by atoms with Gasteiger partial charge in [-0.1, -0.05) is 38.1 Å². The number of amides is 2. The average molecular weight is 525 g/mol. The van der Waals surface area contributed by atoms with Crippen molar-refractivity contribution >= 4 is 21.8 Å². The normalized spacial score (nSPS) is 11.9. The first-order chi connectivity index (χ1) is 16.8. The van der Waals surface area contributed by atoms with Crippen LogP contribution in [0.1, 0.15) is 25.0 Å². The molecule has 3 aromatic rings. The van der Waals surface area contributed by atoms with Gasteiger partial charge in [-0.05, 0) is 60.0 Å². The zero-order valence-corrected chi connectivity index (χ0v) is 20.2. The van der Waals surface area contributed by atoms with Crippen LogP contribution in [-0.2, 0) is 22.8 Å². The van der Waals surface area contributed by atoms with E-state index in [-0.39, 0.29) is 35.3 Å². The minimum absolute atomic E-state index is 0.00750. The first-order valence-electron chi connectivity index (χ1n) is 10.9. The Morgan fingerprint density at radius 1 is 1.00 bits per heavy atom. The Labute approximate surface area is 206 Å². The molecule has 36 heavy (non-hydrogen) atoms. The molecule has 3 rings (SSSR count). The molecule has 0 aromatic heterocycles. The van der Waals surface area contributed by atoms with Gasteiger partial charge in [0.05, 0.1) is 11.3 Å². The number of carbonyl (C=O) groups is 1. The average Bonchev–Trinajstić information content (AvgIpc) is 2.78. The number of halogens is 4. The Morgan fingerprint density at radius 3 is 2.31 bits per heavy atom. The molecule has 6 nitrogen and oxygen atoms in total. The van der Waals surface area contributed by atoms with Gasteiger partial charge >= 0.3 is 22.3 Å². The van der Waals surface area contributed by atoms with Gasteiger partial charge in [-0.3, -0.25) is 0 Å². The van der Waals surface area contributed by atoms with Crippen LogP contribution in [0, 0.1) is 11.7 Å². The summed E-state index contributed by atoms with van der Waals surface area (Å²) >= 11 is 0. The second kappa shape index (κ2) is 11.0. The first kappa shape index (κ1) is 27.0. The number of carbonyl (C=O) groups excluding carboxylic acids is 1. The number of benzene rings is 3. The highest BCUT2D eigenvalue weighted by atomic mass is 32.2. The van der Waals surface area contributed by atoms with Gasteiger partial charge in [0, 0.05) is 13.1 Å². The number of hydrogen-bond donors (Lipinski definition) is 1. The number of nitrogens with one attached hydrogen (secondary N) is 1. The van der Waals surface area contributed by atoms with E-state index in [1.54, 1.807) is 6.07 Å². The highest BCUT2D eigenvalue weighted by Crippen LogP contribution is 2.34. The lowest BCUT2D eigenvalue weighted by Crippen LogP contribution is -2.37. The van der Waals surface area contributed by atoms with E-state index in [0.717, 1.165) is 30.3 Å². The van der Waals surface area contributed by atoms with Crippen LogP contribution >= 0.6 is 0 Å². The predicted octanol–water partition coefficient (Wildman–Crippen LogP) is 6.30. The van der Waals surface area contributed by atoms with Gasteiger partial charge in [0.15, 0.2) is 0 Å². The summed E-state index contributed by atoms with van der Waals surface area (Å²) in [6, 6.07) is 14.0. The van der Waals surface area contributed by atoms with Crippen LogP contribution in [0.5, 0.6) is 5.75 Å². The van der Waals surface area contributed by atoms with Crippen LogP contribution in [0.25, 0.3) is 0 Å². The molecule has 3 aromatic carbocycles. The topological polar surface area (TPSA) is 75.7 Å². The number of anilines is 1. The van der Waals surface area contributed by atoms with E-state index >= 15 is 0 Å². The number of alkyl halides is 3. The summed E-state index contributed by atoms with van der Waals surface area (Å²) in [5.41, 5.74) is -0.850. The molecule has 0 aliphatic carbocycles. The lowest BCUT2D eigenvalue weighted by molar-refractivity contribution is -0.136. The van der Waals surface area contributed by atoms with Crippen LogP contribution < -0.4 is 9.50 Å². The van der Waals surface area contributed by atoms with Crippen molar-refractivity contribution in [2.45, 2.75) is 31.5 Å². The van der Waals surface area contributed by atoms with Crippen molar-refractivity contribution in [3.63, 3.8) is 0 Å². The Morgan fingerprint density at radius 2 is 1.67 bits per heavy atom. The standard InChI is InChI=1S/C25H24F4N2O4S/c1-17(2)15-31(24(32)30-23-9-4-3-8-22(23)25(27,28)29)16-18-6-5-7-20(14-18)35-36(33,34)21-12-10-19(26)11-13-21/h3-14,17H,15-16H2,1-2H3,(H,30,32). The maximum atomic E-state index is 13.3. The summed E-state index contributed by atoms with van der Waals surface area (Å²) in [5.74, 6) is -0.645. The molecule has 0 unspecified atom stereocenters. The van der Waals surface area contributed by atoms with Crippen LogP contribution in [-0.4, -0.2) is 25.9 Å². The Balaban J connectivity index is 1.80. The fourth-order valence-corrected chi connectivity index (χ4v) is 4.31. The first-order valence-corrected chi connectivity index (χ1v) is 12.3. The second-order valence-corrected chi connectivity index (χ2v) is 9.93. The zero-order valence-electron chi connectivity index (χ0n) is 19.4. The minimum Gasteiger partial charge on any atom is -0.379 e. The van der Waals surface area contributed by atoms with Crippen molar-refractivity contribution in [3.05, 3.63) is 89.7 Å². The minimum atomic E-state index is -4.64. The van der Waals surface area contributed by atoms with Gasteiger partial charge in [-0.2, -0.15) is 21.6 Å². The van der Waals surface area contributed by atoms with Crippen molar-refractivity contribution in [1.82, 2.24) is 4.90 Å². The van der Waals surface area contributed by atoms with Crippen LogP contribution in [0.4, 0.5) is 28.0 Å². The highest BCUT2D eigenvalue weighted by Gasteiger charge is 2.34. The van der Waals surface area contributed by atoms with Crippen LogP contribution in [0.2, 0.25) is 0 Å². The fourth-order valence-electron chi connectivity index (χ4n) is 3.39. The van der Waals surface area contributed by atoms with Crippen molar-refractivity contribution in [1.29, 1.82) is 0 Å². The molecule has 11 heteroatoms. The Kier molecular flexibility index (Phi) is 8.24. The quantitative estimate of drug-likeness (QED) is 0.277. The molecule has 0 saturated carbocycles. The zero-order chi connectivity index (χ0) is 26.5. The highest BCUT2D eigenvalue weighted by molar-refractivity contribution is 7.87. The molecule has 0 aliphatic rings. The number of para-hydroxylation sites is 1. The molecular weight excluding hydrogens is 500 g/mol. The SMILES string of the molecule is CC(C)CN(Cc1cccc(OS(=O)(=O)c2ccc(F)cc2)c1)C(=O)Nc1ccccc1C(F)(F)F. The summed E-state index contributed by atoms with van der Waals surface area (Å²) in [6.07, 6.45) is -4.64. The lowest BCUT2D eigenvalue weighted by atomic mass is 10.1. The van der Waals surface area contributed by atoms with Gasteiger partial charge in [-0.25, -0.2) is 9.18 Å². The van der Waals surface area contributed by atoms with Crippen molar-refractivity contribution in [3.8, 4) is 5.75 Å². The number of nitrogens with zero attached hydrogens (tertiary/aromatic N) is 1. The van der Waals surface area contributed by atoms with Gasteiger partial charge in [-0.15, -0.1) is 0 Å². The summed E-state index contributed by atoms with van der Waals surface area (Å²) in [7, 11) is -4.24.